The average molecular weight is 275 g/mol. The van der Waals surface area contributed by atoms with Crippen LogP contribution in [0.4, 0.5) is 0 Å². The lowest BCUT2D eigenvalue weighted by molar-refractivity contribution is -0.127. The van der Waals surface area contributed by atoms with Crippen LogP contribution in [-0.4, -0.2) is 23.9 Å². The minimum atomic E-state index is -0.192. The Morgan fingerprint density at radius 3 is 2.58 bits per heavy atom. The number of nitriles is 1. The lowest BCUT2D eigenvalue weighted by Gasteiger charge is -2.26. The van der Waals surface area contributed by atoms with E-state index >= 15 is 0 Å². The summed E-state index contributed by atoms with van der Waals surface area (Å²) in [7, 11) is 0. The van der Waals surface area contributed by atoms with Gasteiger partial charge in [0.25, 0.3) is 5.91 Å². The molecule has 0 aromatic heterocycles. The summed E-state index contributed by atoms with van der Waals surface area (Å²) in [4.78, 5) is 14.0. The van der Waals surface area contributed by atoms with Crippen LogP contribution in [0.1, 0.15) is 24.8 Å². The standard InChI is InChI=1S/C15H15ClN2O/c16-14-7-3-2-6-12(14)10-13(11-17)15(19)18-8-4-1-5-9-18/h2-3,6-7,10H,1,4-5,8-9H2/b13-10-. The number of halogens is 1. The molecule has 0 spiro atoms. The Labute approximate surface area is 118 Å². The molecule has 0 saturated carbocycles. The summed E-state index contributed by atoms with van der Waals surface area (Å²) in [5, 5.41) is 9.71. The molecule has 2 rings (SSSR count). The molecule has 0 aliphatic carbocycles. The first-order valence-electron chi connectivity index (χ1n) is 6.38. The summed E-state index contributed by atoms with van der Waals surface area (Å²) < 4.78 is 0. The molecule has 0 atom stereocenters. The van der Waals surface area contributed by atoms with E-state index in [0.29, 0.717) is 10.6 Å². The number of benzene rings is 1. The largest absolute Gasteiger partial charge is 0.338 e. The molecule has 1 fully saturated rings. The van der Waals surface area contributed by atoms with Crippen LogP contribution in [0.5, 0.6) is 0 Å². The van der Waals surface area contributed by atoms with Crippen molar-refractivity contribution in [3.05, 3.63) is 40.4 Å². The topological polar surface area (TPSA) is 44.1 Å². The highest BCUT2D eigenvalue weighted by Crippen LogP contribution is 2.19. The maximum atomic E-state index is 12.2. The first-order chi connectivity index (χ1) is 9.22. The molecule has 3 nitrogen and oxygen atoms in total. The van der Waals surface area contributed by atoms with Gasteiger partial charge < -0.3 is 4.90 Å². The van der Waals surface area contributed by atoms with Gasteiger partial charge in [-0.05, 0) is 37.0 Å². The molecule has 1 aromatic carbocycles. The Balaban J connectivity index is 2.22. The summed E-state index contributed by atoms with van der Waals surface area (Å²) in [6, 6.07) is 9.17. The lowest BCUT2D eigenvalue weighted by atomic mass is 10.1. The van der Waals surface area contributed by atoms with Crippen LogP contribution in [0.2, 0.25) is 5.02 Å². The molecule has 0 radical (unpaired) electrons. The van der Waals surface area contributed by atoms with Crippen molar-refractivity contribution in [1.29, 1.82) is 5.26 Å². The zero-order valence-electron chi connectivity index (χ0n) is 10.6. The number of carbonyl (C=O) groups is 1. The molecule has 19 heavy (non-hydrogen) atoms. The van der Waals surface area contributed by atoms with E-state index in [2.05, 4.69) is 0 Å². The predicted octanol–water partition coefficient (Wildman–Crippen LogP) is 3.26. The van der Waals surface area contributed by atoms with Gasteiger partial charge in [-0.2, -0.15) is 5.26 Å². The molecular formula is C15H15ClN2O. The molecule has 4 heteroatoms. The second kappa shape index (κ2) is 6.40. The first-order valence-corrected chi connectivity index (χ1v) is 6.76. The van der Waals surface area contributed by atoms with Crippen molar-refractivity contribution in [3.8, 4) is 6.07 Å². The Morgan fingerprint density at radius 1 is 1.26 bits per heavy atom. The summed E-state index contributed by atoms with van der Waals surface area (Å²) in [5.74, 6) is -0.192. The number of carbonyl (C=O) groups excluding carboxylic acids is 1. The molecule has 1 heterocycles. The van der Waals surface area contributed by atoms with E-state index in [1.165, 1.54) is 0 Å². The quantitative estimate of drug-likeness (QED) is 0.614. The third-order valence-corrected chi connectivity index (χ3v) is 3.54. The summed E-state index contributed by atoms with van der Waals surface area (Å²) in [5.41, 5.74) is 0.848. The van der Waals surface area contributed by atoms with Gasteiger partial charge in [-0.3, -0.25) is 4.79 Å². The van der Waals surface area contributed by atoms with E-state index in [4.69, 9.17) is 11.6 Å². The van der Waals surface area contributed by atoms with Gasteiger partial charge in [0.05, 0.1) is 0 Å². The Hall–Kier alpha value is -1.79. The third kappa shape index (κ3) is 3.36. The van der Waals surface area contributed by atoms with Crippen LogP contribution in [0, 0.1) is 11.3 Å². The lowest BCUT2D eigenvalue weighted by Crippen LogP contribution is -2.36. The van der Waals surface area contributed by atoms with Crippen molar-refractivity contribution in [2.75, 3.05) is 13.1 Å². The van der Waals surface area contributed by atoms with E-state index in [-0.39, 0.29) is 11.5 Å². The fourth-order valence-electron chi connectivity index (χ4n) is 2.16. The highest BCUT2D eigenvalue weighted by Gasteiger charge is 2.20. The molecule has 0 bridgehead atoms. The highest BCUT2D eigenvalue weighted by molar-refractivity contribution is 6.32. The van der Waals surface area contributed by atoms with Crippen molar-refractivity contribution in [2.45, 2.75) is 19.3 Å². The van der Waals surface area contributed by atoms with Crippen molar-refractivity contribution in [1.82, 2.24) is 4.90 Å². The number of rotatable bonds is 2. The summed E-state index contributed by atoms with van der Waals surface area (Å²) in [6.07, 6.45) is 4.74. The number of hydrogen-bond acceptors (Lipinski definition) is 2. The minimum Gasteiger partial charge on any atom is -0.338 e. The number of nitrogens with zero attached hydrogens (tertiary/aromatic N) is 2. The number of amides is 1. The Morgan fingerprint density at radius 2 is 1.95 bits per heavy atom. The van der Waals surface area contributed by atoms with E-state index in [1.807, 2.05) is 18.2 Å². The molecule has 1 aliphatic rings. The van der Waals surface area contributed by atoms with Crippen LogP contribution in [-0.2, 0) is 4.79 Å². The minimum absolute atomic E-state index is 0.148. The Bertz CT molecular complexity index is 539. The molecule has 1 aliphatic heterocycles. The zero-order chi connectivity index (χ0) is 13.7. The van der Waals surface area contributed by atoms with Gasteiger partial charge >= 0.3 is 0 Å². The fraction of sp³-hybridized carbons (Fsp3) is 0.333. The van der Waals surface area contributed by atoms with Crippen LogP contribution in [0.15, 0.2) is 29.8 Å². The van der Waals surface area contributed by atoms with Crippen LogP contribution < -0.4 is 0 Å². The van der Waals surface area contributed by atoms with Gasteiger partial charge in [-0.25, -0.2) is 0 Å². The van der Waals surface area contributed by atoms with Crippen LogP contribution in [0.25, 0.3) is 6.08 Å². The van der Waals surface area contributed by atoms with E-state index < -0.39 is 0 Å². The van der Waals surface area contributed by atoms with E-state index in [1.54, 1.807) is 23.1 Å². The number of piperidine rings is 1. The van der Waals surface area contributed by atoms with Crippen LogP contribution in [0.3, 0.4) is 0 Å². The van der Waals surface area contributed by atoms with Gasteiger partial charge in [0, 0.05) is 18.1 Å². The van der Waals surface area contributed by atoms with Crippen LogP contribution >= 0.6 is 11.6 Å². The monoisotopic (exact) mass is 274 g/mol. The van der Waals surface area contributed by atoms with Crippen molar-refractivity contribution >= 4 is 23.6 Å². The maximum absolute atomic E-state index is 12.2. The molecule has 1 amide bonds. The Kier molecular flexibility index (Phi) is 4.59. The van der Waals surface area contributed by atoms with Gasteiger partial charge in [0.15, 0.2) is 0 Å². The van der Waals surface area contributed by atoms with Crippen molar-refractivity contribution < 1.29 is 4.79 Å². The van der Waals surface area contributed by atoms with Gasteiger partial charge in [0.1, 0.15) is 11.6 Å². The van der Waals surface area contributed by atoms with E-state index in [9.17, 15) is 10.1 Å². The fourth-order valence-corrected chi connectivity index (χ4v) is 2.35. The van der Waals surface area contributed by atoms with Gasteiger partial charge in [0.2, 0.25) is 0 Å². The maximum Gasteiger partial charge on any atom is 0.264 e. The molecule has 98 valence electrons. The highest BCUT2D eigenvalue weighted by atomic mass is 35.5. The molecular weight excluding hydrogens is 260 g/mol. The SMILES string of the molecule is N#C/C(=C/c1ccccc1Cl)C(=O)N1CCCCC1. The van der Waals surface area contributed by atoms with Gasteiger partial charge in [-0.1, -0.05) is 29.8 Å². The zero-order valence-corrected chi connectivity index (χ0v) is 11.4. The predicted molar refractivity (Wildman–Crippen MR) is 75.5 cm³/mol. The molecule has 1 aromatic rings. The van der Waals surface area contributed by atoms with Gasteiger partial charge in [-0.15, -0.1) is 0 Å². The van der Waals surface area contributed by atoms with Crippen molar-refractivity contribution in [3.63, 3.8) is 0 Å². The molecule has 0 unspecified atom stereocenters. The third-order valence-electron chi connectivity index (χ3n) is 3.20. The van der Waals surface area contributed by atoms with Crippen molar-refractivity contribution in [2.24, 2.45) is 0 Å². The summed E-state index contributed by atoms with van der Waals surface area (Å²) >= 11 is 6.04. The number of hydrogen-bond donors (Lipinski definition) is 0. The average Bonchev–Trinajstić information content (AvgIpc) is 2.47. The normalized spacial score (nSPS) is 16.0. The second-order valence-corrected chi connectivity index (χ2v) is 4.95. The number of likely N-dealkylation sites (tertiary alicyclic amines) is 1. The van der Waals surface area contributed by atoms with E-state index in [0.717, 1.165) is 32.4 Å². The smallest absolute Gasteiger partial charge is 0.264 e. The molecule has 1 saturated heterocycles. The second-order valence-electron chi connectivity index (χ2n) is 4.54. The first kappa shape index (κ1) is 13.6. The molecule has 0 N–H and O–H groups in total. The summed E-state index contributed by atoms with van der Waals surface area (Å²) in [6.45, 7) is 1.47.